The van der Waals surface area contributed by atoms with E-state index in [0.29, 0.717) is 22.1 Å². The van der Waals surface area contributed by atoms with Crippen LogP contribution in [0.15, 0.2) is 42.5 Å². The highest BCUT2D eigenvalue weighted by molar-refractivity contribution is 6.32. The number of amides is 2. The molecule has 0 bridgehead atoms. The SMILES string of the molecule is C/C=[N+](/O)c1cc(NC(=O)Nc2ccc(F)cc2)ccc1Cl. The van der Waals surface area contributed by atoms with E-state index in [0.717, 1.165) is 4.74 Å². The Morgan fingerprint density at radius 2 is 1.77 bits per heavy atom. The smallest absolute Gasteiger partial charge is 0.308 e. The van der Waals surface area contributed by atoms with E-state index in [1.165, 1.54) is 36.5 Å². The van der Waals surface area contributed by atoms with Crippen molar-refractivity contribution in [2.45, 2.75) is 6.92 Å². The van der Waals surface area contributed by atoms with Gasteiger partial charge in [-0.05, 0) is 36.4 Å². The molecule has 0 aliphatic rings. The third kappa shape index (κ3) is 3.95. The molecule has 0 fully saturated rings. The van der Waals surface area contributed by atoms with Gasteiger partial charge in [0.05, 0.1) is 0 Å². The number of carbonyl (C=O) groups excluding carboxylic acids is 1. The Morgan fingerprint density at radius 3 is 2.41 bits per heavy atom. The molecule has 0 saturated heterocycles. The molecule has 7 heteroatoms. The summed E-state index contributed by atoms with van der Waals surface area (Å²) in [5, 5.41) is 15.2. The van der Waals surface area contributed by atoms with Crippen molar-refractivity contribution in [3.63, 3.8) is 0 Å². The molecular formula is C15H14ClFN3O2+. The predicted molar refractivity (Wildman–Crippen MR) is 83.9 cm³/mol. The van der Waals surface area contributed by atoms with E-state index < -0.39 is 6.03 Å². The maximum atomic E-state index is 12.8. The van der Waals surface area contributed by atoms with E-state index in [1.54, 1.807) is 19.1 Å². The molecule has 2 aromatic rings. The van der Waals surface area contributed by atoms with Crippen molar-refractivity contribution in [2.24, 2.45) is 0 Å². The molecule has 0 saturated carbocycles. The van der Waals surface area contributed by atoms with Gasteiger partial charge in [0.15, 0.2) is 6.21 Å². The molecule has 114 valence electrons. The monoisotopic (exact) mass is 322 g/mol. The van der Waals surface area contributed by atoms with Gasteiger partial charge in [-0.1, -0.05) is 11.6 Å². The zero-order valence-electron chi connectivity index (χ0n) is 11.7. The fourth-order valence-corrected chi connectivity index (χ4v) is 1.94. The maximum Gasteiger partial charge on any atom is 0.323 e. The highest BCUT2D eigenvalue weighted by Crippen LogP contribution is 2.27. The highest BCUT2D eigenvalue weighted by Gasteiger charge is 2.14. The van der Waals surface area contributed by atoms with Crippen LogP contribution in [0.1, 0.15) is 6.92 Å². The molecule has 0 aromatic heterocycles. The number of rotatable bonds is 3. The van der Waals surface area contributed by atoms with Gasteiger partial charge in [0.25, 0.3) is 5.69 Å². The third-order valence-corrected chi connectivity index (χ3v) is 3.12. The van der Waals surface area contributed by atoms with Crippen molar-refractivity contribution < 1.29 is 19.1 Å². The summed E-state index contributed by atoms with van der Waals surface area (Å²) in [6.45, 7) is 1.64. The number of hydrogen-bond donors (Lipinski definition) is 3. The summed E-state index contributed by atoms with van der Waals surface area (Å²) in [4.78, 5) is 11.9. The van der Waals surface area contributed by atoms with Gasteiger partial charge in [-0.25, -0.2) is 9.18 Å². The van der Waals surface area contributed by atoms with Crippen molar-refractivity contribution in [1.82, 2.24) is 0 Å². The topological polar surface area (TPSA) is 64.4 Å². The lowest BCUT2D eigenvalue weighted by Crippen LogP contribution is -2.19. The first-order valence-electron chi connectivity index (χ1n) is 6.40. The Kier molecular flexibility index (Phi) is 4.95. The number of halogens is 2. The van der Waals surface area contributed by atoms with E-state index >= 15 is 0 Å². The van der Waals surface area contributed by atoms with Gasteiger partial charge in [-0.15, -0.1) is 0 Å². The van der Waals surface area contributed by atoms with E-state index in [-0.39, 0.29) is 5.82 Å². The molecule has 0 spiro atoms. The first-order valence-corrected chi connectivity index (χ1v) is 6.78. The second kappa shape index (κ2) is 6.91. The highest BCUT2D eigenvalue weighted by atomic mass is 35.5. The minimum atomic E-state index is -0.496. The van der Waals surface area contributed by atoms with Crippen LogP contribution in [0.3, 0.4) is 0 Å². The van der Waals surface area contributed by atoms with Gasteiger partial charge < -0.3 is 10.6 Å². The fourth-order valence-electron chi connectivity index (χ4n) is 1.73. The minimum Gasteiger partial charge on any atom is -0.308 e. The Morgan fingerprint density at radius 1 is 1.18 bits per heavy atom. The number of nitrogens with one attached hydrogen (secondary N) is 2. The van der Waals surface area contributed by atoms with Gasteiger partial charge in [-0.2, -0.15) is 0 Å². The number of carbonyl (C=O) groups is 1. The lowest BCUT2D eigenvalue weighted by atomic mass is 10.2. The van der Waals surface area contributed by atoms with Gasteiger partial charge in [0.1, 0.15) is 10.8 Å². The Bertz CT molecular complexity index is 717. The van der Waals surface area contributed by atoms with Crippen molar-refractivity contribution in [1.29, 1.82) is 0 Å². The van der Waals surface area contributed by atoms with Crippen LogP contribution in [-0.2, 0) is 0 Å². The van der Waals surface area contributed by atoms with Crippen LogP contribution in [0.25, 0.3) is 0 Å². The lowest BCUT2D eigenvalue weighted by molar-refractivity contribution is -0.709. The lowest BCUT2D eigenvalue weighted by Gasteiger charge is -2.08. The number of benzene rings is 2. The Hall–Kier alpha value is -2.60. The number of anilines is 2. The number of urea groups is 1. The minimum absolute atomic E-state index is 0.337. The summed E-state index contributed by atoms with van der Waals surface area (Å²) in [5.41, 5.74) is 1.24. The average molecular weight is 323 g/mol. The molecule has 0 radical (unpaired) electrons. The Labute approximate surface area is 131 Å². The summed E-state index contributed by atoms with van der Waals surface area (Å²) in [7, 11) is 0. The first-order chi connectivity index (χ1) is 10.5. The summed E-state index contributed by atoms with van der Waals surface area (Å²) >= 11 is 5.97. The first kappa shape index (κ1) is 15.8. The van der Waals surface area contributed by atoms with Gasteiger partial charge in [0.2, 0.25) is 0 Å². The molecule has 5 nitrogen and oxygen atoms in total. The molecule has 0 atom stereocenters. The summed E-state index contributed by atoms with van der Waals surface area (Å²) in [6, 6.07) is 9.56. The zero-order valence-corrected chi connectivity index (χ0v) is 12.4. The van der Waals surface area contributed by atoms with E-state index in [4.69, 9.17) is 11.6 Å². The van der Waals surface area contributed by atoms with Crippen molar-refractivity contribution >= 4 is 40.9 Å². The largest absolute Gasteiger partial charge is 0.323 e. The summed E-state index contributed by atoms with van der Waals surface area (Å²) in [6.07, 6.45) is 1.42. The predicted octanol–water partition coefficient (Wildman–Crippen LogP) is 4.25. The van der Waals surface area contributed by atoms with E-state index in [2.05, 4.69) is 10.6 Å². The van der Waals surface area contributed by atoms with Crippen LogP contribution >= 0.6 is 11.6 Å². The van der Waals surface area contributed by atoms with Crippen LogP contribution in [0.4, 0.5) is 26.2 Å². The molecule has 0 heterocycles. The van der Waals surface area contributed by atoms with Crippen molar-refractivity contribution in [3.05, 3.63) is 53.3 Å². The molecule has 2 aromatic carbocycles. The number of nitrogens with zero attached hydrogens (tertiary/aromatic N) is 1. The second-order valence-electron chi connectivity index (χ2n) is 4.35. The summed E-state index contributed by atoms with van der Waals surface area (Å²) < 4.78 is 13.6. The standard InChI is InChI=1S/C15H13ClFN3O2/c1-2-20(22)14-9-12(7-8-13(14)16)19-15(21)18-11-5-3-10(17)4-6-11/h2-9H,1H3,(H2-,18,19,21,22)/p+1/b20-2+. The van der Waals surface area contributed by atoms with E-state index in [9.17, 15) is 14.4 Å². The van der Waals surface area contributed by atoms with Gasteiger partial charge in [0, 0.05) is 29.1 Å². The second-order valence-corrected chi connectivity index (χ2v) is 4.76. The maximum absolute atomic E-state index is 12.8. The van der Waals surface area contributed by atoms with Crippen LogP contribution in [0.2, 0.25) is 5.02 Å². The van der Waals surface area contributed by atoms with E-state index in [1.807, 2.05) is 0 Å². The van der Waals surface area contributed by atoms with Crippen LogP contribution in [-0.4, -0.2) is 22.2 Å². The molecule has 0 unspecified atom stereocenters. The molecule has 2 amide bonds. The molecule has 0 aliphatic carbocycles. The number of hydrogen-bond acceptors (Lipinski definition) is 2. The van der Waals surface area contributed by atoms with Gasteiger partial charge in [-0.3, -0.25) is 5.21 Å². The molecular weight excluding hydrogens is 309 g/mol. The molecule has 0 aliphatic heterocycles. The molecule has 3 N–H and O–H groups in total. The summed E-state index contributed by atoms with van der Waals surface area (Å²) in [5.74, 6) is -0.382. The normalized spacial score (nSPS) is 11.1. The van der Waals surface area contributed by atoms with Crippen LogP contribution in [0, 0.1) is 5.82 Å². The zero-order chi connectivity index (χ0) is 16.1. The molecule has 22 heavy (non-hydrogen) atoms. The van der Waals surface area contributed by atoms with Crippen LogP contribution < -0.4 is 10.6 Å². The average Bonchev–Trinajstić information content (AvgIpc) is 2.50. The molecule has 2 rings (SSSR count). The quantitative estimate of drug-likeness (QED) is 0.342. The van der Waals surface area contributed by atoms with Crippen LogP contribution in [0.5, 0.6) is 0 Å². The van der Waals surface area contributed by atoms with Crippen molar-refractivity contribution in [2.75, 3.05) is 10.6 Å². The van der Waals surface area contributed by atoms with Crippen molar-refractivity contribution in [3.8, 4) is 0 Å². The third-order valence-electron chi connectivity index (χ3n) is 2.80. The van der Waals surface area contributed by atoms with Gasteiger partial charge >= 0.3 is 6.03 Å². The Balaban J connectivity index is 2.10. The fraction of sp³-hybridized carbons (Fsp3) is 0.0667.